The Morgan fingerprint density at radius 3 is 2.60 bits per heavy atom. The predicted molar refractivity (Wildman–Crippen MR) is 56.4 cm³/mol. The average molecular weight is 211 g/mol. The third-order valence-electron chi connectivity index (χ3n) is 2.46. The Labute approximate surface area is 87.9 Å². The van der Waals surface area contributed by atoms with E-state index in [2.05, 4.69) is 5.32 Å². The van der Waals surface area contributed by atoms with Gasteiger partial charge in [-0.15, -0.1) is 0 Å². The maximum absolute atomic E-state index is 13.3. The van der Waals surface area contributed by atoms with E-state index < -0.39 is 17.3 Å². The van der Waals surface area contributed by atoms with Crippen molar-refractivity contribution in [1.82, 2.24) is 0 Å². The number of hydrogen-bond acceptors (Lipinski definition) is 2. The maximum atomic E-state index is 13.3. The van der Waals surface area contributed by atoms with Crippen LogP contribution in [0.25, 0.3) is 0 Å². The number of benzene rings is 1. The summed E-state index contributed by atoms with van der Waals surface area (Å²) < 4.78 is 13.3. The van der Waals surface area contributed by atoms with Gasteiger partial charge in [0.2, 0.25) is 0 Å². The first-order chi connectivity index (χ1) is 6.99. The topological polar surface area (TPSA) is 49.3 Å². The maximum Gasteiger partial charge on any atom is 0.329 e. The normalized spacial score (nSPS) is 14.3. The second-order valence-electron chi connectivity index (χ2n) is 3.60. The Balaban J connectivity index is 2.94. The fourth-order valence-electron chi connectivity index (χ4n) is 1.15. The molecule has 4 heteroatoms. The summed E-state index contributed by atoms with van der Waals surface area (Å²) in [4.78, 5) is 11.0. The van der Waals surface area contributed by atoms with Crippen LogP contribution in [-0.2, 0) is 4.79 Å². The first-order valence-corrected chi connectivity index (χ1v) is 4.75. The van der Waals surface area contributed by atoms with Gasteiger partial charge >= 0.3 is 5.97 Å². The molecule has 1 aromatic carbocycles. The van der Waals surface area contributed by atoms with Crippen molar-refractivity contribution in [3.63, 3.8) is 0 Å². The molecule has 0 fully saturated rings. The number of para-hydroxylation sites is 1. The highest BCUT2D eigenvalue weighted by atomic mass is 19.1. The summed E-state index contributed by atoms with van der Waals surface area (Å²) in [5.41, 5.74) is -0.924. The molecule has 0 aliphatic carbocycles. The number of anilines is 1. The van der Waals surface area contributed by atoms with Gasteiger partial charge in [0.05, 0.1) is 5.69 Å². The number of carboxylic acid groups (broad SMARTS) is 1. The van der Waals surface area contributed by atoms with Crippen LogP contribution in [-0.4, -0.2) is 16.6 Å². The second-order valence-corrected chi connectivity index (χ2v) is 3.60. The highest BCUT2D eigenvalue weighted by Gasteiger charge is 2.31. The van der Waals surface area contributed by atoms with Crippen molar-refractivity contribution in [2.45, 2.75) is 25.8 Å². The Morgan fingerprint density at radius 1 is 1.53 bits per heavy atom. The molecule has 0 saturated carbocycles. The molecule has 0 aromatic heterocycles. The summed E-state index contributed by atoms with van der Waals surface area (Å²) >= 11 is 0. The van der Waals surface area contributed by atoms with Crippen LogP contribution in [0, 0.1) is 5.82 Å². The van der Waals surface area contributed by atoms with Crippen molar-refractivity contribution in [2.75, 3.05) is 5.32 Å². The third kappa shape index (κ3) is 2.46. The van der Waals surface area contributed by atoms with E-state index >= 15 is 0 Å². The van der Waals surface area contributed by atoms with Crippen molar-refractivity contribution in [1.29, 1.82) is 0 Å². The summed E-state index contributed by atoms with van der Waals surface area (Å²) in [6, 6.07) is 6.03. The van der Waals surface area contributed by atoms with Crippen LogP contribution in [0.3, 0.4) is 0 Å². The van der Waals surface area contributed by atoms with Gasteiger partial charge in [-0.2, -0.15) is 0 Å². The molecule has 0 amide bonds. The van der Waals surface area contributed by atoms with E-state index in [1.165, 1.54) is 19.1 Å². The van der Waals surface area contributed by atoms with E-state index in [0.717, 1.165) is 0 Å². The fourth-order valence-corrected chi connectivity index (χ4v) is 1.15. The van der Waals surface area contributed by atoms with Crippen LogP contribution >= 0.6 is 0 Å². The van der Waals surface area contributed by atoms with Gasteiger partial charge in [0.1, 0.15) is 11.4 Å². The first kappa shape index (κ1) is 11.5. The molecular formula is C11H14FNO2. The largest absolute Gasteiger partial charge is 0.480 e. The standard InChI is InChI=1S/C11H14FNO2/c1-3-11(2,10(14)15)13-9-7-5-4-6-8(9)12/h4-7,13H,3H2,1-2H3,(H,14,15). The molecule has 1 atom stereocenters. The van der Waals surface area contributed by atoms with Gasteiger partial charge < -0.3 is 10.4 Å². The monoisotopic (exact) mass is 211 g/mol. The highest BCUT2D eigenvalue weighted by molar-refractivity contribution is 5.82. The van der Waals surface area contributed by atoms with E-state index in [-0.39, 0.29) is 5.69 Å². The number of carbonyl (C=O) groups is 1. The summed E-state index contributed by atoms with van der Waals surface area (Å²) in [6.45, 7) is 3.27. The van der Waals surface area contributed by atoms with Gasteiger partial charge in [-0.3, -0.25) is 0 Å². The molecular weight excluding hydrogens is 197 g/mol. The van der Waals surface area contributed by atoms with E-state index in [0.29, 0.717) is 6.42 Å². The van der Waals surface area contributed by atoms with Crippen LogP contribution in [0.4, 0.5) is 10.1 Å². The average Bonchev–Trinajstić information content (AvgIpc) is 2.21. The van der Waals surface area contributed by atoms with Gasteiger partial charge in [-0.05, 0) is 25.5 Å². The van der Waals surface area contributed by atoms with Crippen LogP contribution in [0.1, 0.15) is 20.3 Å². The van der Waals surface area contributed by atoms with Gasteiger partial charge in [0.15, 0.2) is 0 Å². The van der Waals surface area contributed by atoms with E-state index in [1.807, 2.05) is 0 Å². The predicted octanol–water partition coefficient (Wildman–Crippen LogP) is 2.49. The summed E-state index contributed by atoms with van der Waals surface area (Å²) in [6.07, 6.45) is 0.372. The van der Waals surface area contributed by atoms with Crippen molar-refractivity contribution in [3.05, 3.63) is 30.1 Å². The lowest BCUT2D eigenvalue weighted by atomic mass is 9.99. The molecule has 0 aliphatic rings. The number of rotatable bonds is 4. The minimum atomic E-state index is -1.14. The molecule has 1 unspecified atom stereocenters. The summed E-state index contributed by atoms with van der Waals surface area (Å²) in [7, 11) is 0. The minimum Gasteiger partial charge on any atom is -0.480 e. The molecule has 15 heavy (non-hydrogen) atoms. The molecule has 3 nitrogen and oxygen atoms in total. The molecule has 0 bridgehead atoms. The van der Waals surface area contributed by atoms with Gasteiger partial charge in [0.25, 0.3) is 0 Å². The second kappa shape index (κ2) is 4.29. The molecule has 82 valence electrons. The Bertz CT molecular complexity index is 367. The first-order valence-electron chi connectivity index (χ1n) is 4.75. The van der Waals surface area contributed by atoms with Crippen molar-refractivity contribution < 1.29 is 14.3 Å². The van der Waals surface area contributed by atoms with Gasteiger partial charge in [-0.1, -0.05) is 19.1 Å². The number of halogens is 1. The van der Waals surface area contributed by atoms with Crippen LogP contribution < -0.4 is 5.32 Å². The molecule has 1 aromatic rings. The number of carboxylic acids is 1. The van der Waals surface area contributed by atoms with Gasteiger partial charge in [-0.25, -0.2) is 9.18 Å². The van der Waals surface area contributed by atoms with Crippen molar-refractivity contribution in [2.24, 2.45) is 0 Å². The Kier molecular flexibility index (Phi) is 3.29. The zero-order chi connectivity index (χ0) is 11.5. The molecule has 2 N–H and O–H groups in total. The molecule has 1 rings (SSSR count). The number of nitrogens with one attached hydrogen (secondary N) is 1. The van der Waals surface area contributed by atoms with Crippen LogP contribution in [0.2, 0.25) is 0 Å². The van der Waals surface area contributed by atoms with Crippen LogP contribution in [0.5, 0.6) is 0 Å². The third-order valence-corrected chi connectivity index (χ3v) is 2.46. The number of hydrogen-bond donors (Lipinski definition) is 2. The molecule has 0 radical (unpaired) electrons. The van der Waals surface area contributed by atoms with Crippen molar-refractivity contribution in [3.8, 4) is 0 Å². The Morgan fingerprint density at radius 2 is 2.13 bits per heavy atom. The van der Waals surface area contributed by atoms with E-state index in [1.54, 1.807) is 19.1 Å². The highest BCUT2D eigenvalue weighted by Crippen LogP contribution is 2.21. The summed E-state index contributed by atoms with van der Waals surface area (Å²) in [5.74, 6) is -1.44. The lowest BCUT2D eigenvalue weighted by molar-refractivity contribution is -0.141. The smallest absolute Gasteiger partial charge is 0.329 e. The summed E-state index contributed by atoms with van der Waals surface area (Å²) in [5, 5.41) is 11.7. The van der Waals surface area contributed by atoms with Gasteiger partial charge in [0, 0.05) is 0 Å². The quantitative estimate of drug-likeness (QED) is 0.804. The molecule has 0 aliphatic heterocycles. The SMILES string of the molecule is CCC(C)(Nc1ccccc1F)C(=O)O. The fraction of sp³-hybridized carbons (Fsp3) is 0.364. The van der Waals surface area contributed by atoms with E-state index in [4.69, 9.17) is 5.11 Å². The Hall–Kier alpha value is -1.58. The van der Waals surface area contributed by atoms with E-state index in [9.17, 15) is 9.18 Å². The zero-order valence-corrected chi connectivity index (χ0v) is 8.75. The zero-order valence-electron chi connectivity index (χ0n) is 8.75. The van der Waals surface area contributed by atoms with Crippen LogP contribution in [0.15, 0.2) is 24.3 Å². The minimum absolute atomic E-state index is 0.212. The number of aliphatic carboxylic acids is 1. The molecule has 0 saturated heterocycles. The molecule has 0 spiro atoms. The lowest BCUT2D eigenvalue weighted by Gasteiger charge is -2.26. The molecule has 0 heterocycles. The van der Waals surface area contributed by atoms with Crippen molar-refractivity contribution >= 4 is 11.7 Å². The lowest BCUT2D eigenvalue weighted by Crippen LogP contribution is -2.42.